The maximum atomic E-state index is 13.8. The van der Waals surface area contributed by atoms with Gasteiger partial charge < -0.3 is 14.0 Å². The van der Waals surface area contributed by atoms with Crippen LogP contribution < -0.4 is 4.74 Å². The summed E-state index contributed by atoms with van der Waals surface area (Å²) in [5.41, 5.74) is -1.68. The summed E-state index contributed by atoms with van der Waals surface area (Å²) in [7, 11) is 1.60. The molecule has 3 fully saturated rings. The van der Waals surface area contributed by atoms with Crippen molar-refractivity contribution in [1.29, 1.82) is 0 Å². The molecular formula is C34H36F6NO2+. The van der Waals surface area contributed by atoms with E-state index in [4.69, 9.17) is 9.47 Å². The summed E-state index contributed by atoms with van der Waals surface area (Å²) in [5, 5.41) is 0. The van der Waals surface area contributed by atoms with Crippen molar-refractivity contribution in [1.82, 2.24) is 0 Å². The lowest BCUT2D eigenvalue weighted by Crippen LogP contribution is -2.57. The molecule has 3 aromatic carbocycles. The first-order valence-electron chi connectivity index (χ1n) is 14.7. The largest absolute Gasteiger partial charge is 0.497 e. The van der Waals surface area contributed by atoms with Crippen LogP contribution in [0.15, 0.2) is 72.8 Å². The molecule has 43 heavy (non-hydrogen) atoms. The average molecular weight is 605 g/mol. The van der Waals surface area contributed by atoms with Gasteiger partial charge in [0.05, 0.1) is 37.3 Å². The smallest absolute Gasteiger partial charge is 0.416 e. The number of ether oxygens (including phenoxy) is 2. The topological polar surface area (TPSA) is 18.5 Å². The summed E-state index contributed by atoms with van der Waals surface area (Å²) in [6.07, 6.45) is -7.97. The van der Waals surface area contributed by atoms with Crippen molar-refractivity contribution in [2.24, 2.45) is 17.8 Å². The predicted octanol–water partition coefficient (Wildman–Crippen LogP) is 8.61. The molecule has 3 aromatic rings. The second kappa shape index (κ2) is 10.3. The van der Waals surface area contributed by atoms with Crippen molar-refractivity contribution >= 4 is 0 Å². The molecule has 1 saturated carbocycles. The number of rotatable bonds is 7. The van der Waals surface area contributed by atoms with Gasteiger partial charge in [0.15, 0.2) is 5.60 Å². The minimum Gasteiger partial charge on any atom is -0.497 e. The monoisotopic (exact) mass is 604 g/mol. The van der Waals surface area contributed by atoms with Crippen molar-refractivity contribution < 1.29 is 40.3 Å². The molecule has 9 heteroatoms. The van der Waals surface area contributed by atoms with E-state index in [2.05, 4.69) is 13.8 Å². The third-order valence-electron chi connectivity index (χ3n) is 10.7. The molecule has 2 heterocycles. The van der Waals surface area contributed by atoms with Gasteiger partial charge in [-0.1, -0.05) is 49.4 Å². The molecule has 0 radical (unpaired) electrons. The van der Waals surface area contributed by atoms with Crippen molar-refractivity contribution in [3.63, 3.8) is 0 Å². The molecule has 0 amide bonds. The van der Waals surface area contributed by atoms with Crippen LogP contribution in [-0.2, 0) is 35.8 Å². The first-order chi connectivity index (χ1) is 20.2. The van der Waals surface area contributed by atoms with Gasteiger partial charge in [0.25, 0.3) is 0 Å². The summed E-state index contributed by atoms with van der Waals surface area (Å²) in [5.74, 6) is 1.31. The van der Waals surface area contributed by atoms with E-state index in [-0.39, 0.29) is 41.5 Å². The van der Waals surface area contributed by atoms with E-state index >= 15 is 0 Å². The molecule has 0 N–H and O–H groups in total. The van der Waals surface area contributed by atoms with Crippen LogP contribution in [0.1, 0.15) is 54.5 Å². The van der Waals surface area contributed by atoms with E-state index in [0.717, 1.165) is 41.9 Å². The fourth-order valence-electron chi connectivity index (χ4n) is 9.03. The highest BCUT2D eigenvalue weighted by Crippen LogP contribution is 2.68. The van der Waals surface area contributed by atoms with Gasteiger partial charge in [-0.3, -0.25) is 0 Å². The van der Waals surface area contributed by atoms with Gasteiger partial charge in [-0.25, -0.2) is 0 Å². The Labute approximate surface area is 248 Å². The molecular weight excluding hydrogens is 568 g/mol. The Hall–Kier alpha value is -3.04. The molecule has 2 aliphatic heterocycles. The van der Waals surface area contributed by atoms with E-state index in [0.29, 0.717) is 24.2 Å². The van der Waals surface area contributed by atoms with E-state index in [1.165, 1.54) is 0 Å². The van der Waals surface area contributed by atoms with E-state index in [9.17, 15) is 26.3 Å². The minimum atomic E-state index is -4.89. The van der Waals surface area contributed by atoms with Crippen molar-refractivity contribution in [3.05, 3.63) is 101 Å². The maximum absolute atomic E-state index is 13.8. The third kappa shape index (κ3) is 4.83. The SMILES string of the molecule is COc1ccc(CO[C@]2(c3ccccc3)C[N@+]3(Cc4cc(C(F)(F)F)cc(C(F)(F)F)c4)C[C@@H](C)[C@@H]4CC[C@H]2[C@@]43C)cc1. The highest BCUT2D eigenvalue weighted by Gasteiger charge is 2.78. The van der Waals surface area contributed by atoms with Crippen LogP contribution in [0.2, 0.25) is 0 Å². The Morgan fingerprint density at radius 3 is 2.05 bits per heavy atom. The molecule has 6 rings (SSSR count). The van der Waals surface area contributed by atoms with Crippen molar-refractivity contribution in [2.45, 2.75) is 63.3 Å². The van der Waals surface area contributed by atoms with Crippen LogP contribution >= 0.6 is 0 Å². The number of hydrogen-bond acceptors (Lipinski definition) is 2. The lowest BCUT2D eigenvalue weighted by atomic mass is 9.73. The Kier molecular flexibility index (Phi) is 7.16. The number of hydrogen-bond donors (Lipinski definition) is 0. The quantitative estimate of drug-likeness (QED) is 0.199. The van der Waals surface area contributed by atoms with Crippen LogP contribution in [0.3, 0.4) is 0 Å². The van der Waals surface area contributed by atoms with Gasteiger partial charge in [0.1, 0.15) is 24.4 Å². The molecule has 0 spiro atoms. The van der Waals surface area contributed by atoms with Gasteiger partial charge >= 0.3 is 12.4 Å². The van der Waals surface area contributed by atoms with E-state index in [1.807, 2.05) is 54.6 Å². The standard InChI is InChI=1S/C34H36F6NO2/c1-22-18-41(19-24-15-26(33(35,36)37)17-27(16-24)34(38,39)40)21-32(25-7-5-4-6-8-25,30-14-13-29(22)31(30,41)2)43-20-23-9-11-28(42-3)12-10-23/h4-12,15-17,22,29-30H,13-14,18-21H2,1-3H3/q+1/t22-,29+,30+,31-,32+,41-/m1/s1. The predicted molar refractivity (Wildman–Crippen MR) is 150 cm³/mol. The van der Waals surface area contributed by atoms with Crippen LogP contribution in [0, 0.1) is 17.8 Å². The van der Waals surface area contributed by atoms with Gasteiger partial charge in [-0.05, 0) is 61.2 Å². The van der Waals surface area contributed by atoms with Gasteiger partial charge in [-0.15, -0.1) is 0 Å². The van der Waals surface area contributed by atoms with Crippen molar-refractivity contribution in [3.8, 4) is 5.75 Å². The van der Waals surface area contributed by atoms with E-state index in [1.54, 1.807) is 7.11 Å². The number of alkyl halides is 6. The zero-order valence-corrected chi connectivity index (χ0v) is 24.4. The molecule has 1 aliphatic carbocycles. The van der Waals surface area contributed by atoms with Crippen LogP contribution in [-0.4, -0.2) is 30.2 Å². The maximum Gasteiger partial charge on any atom is 0.416 e. The second-order valence-electron chi connectivity index (χ2n) is 12.9. The lowest BCUT2D eigenvalue weighted by Gasteiger charge is -2.43. The number of benzene rings is 3. The van der Waals surface area contributed by atoms with Gasteiger partial charge in [0, 0.05) is 17.4 Å². The Morgan fingerprint density at radius 1 is 0.837 bits per heavy atom. The Bertz CT molecular complexity index is 1440. The fraction of sp³-hybridized carbons (Fsp3) is 0.471. The second-order valence-corrected chi connectivity index (χ2v) is 12.9. The first-order valence-corrected chi connectivity index (χ1v) is 14.7. The van der Waals surface area contributed by atoms with Gasteiger partial charge in [-0.2, -0.15) is 26.3 Å². The summed E-state index contributed by atoms with van der Waals surface area (Å²) in [6, 6.07) is 19.6. The molecule has 230 valence electrons. The Balaban J connectivity index is 1.46. The summed E-state index contributed by atoms with van der Waals surface area (Å²) < 4.78 is 95.7. The van der Waals surface area contributed by atoms with Crippen LogP contribution in [0.5, 0.6) is 5.75 Å². The third-order valence-corrected chi connectivity index (χ3v) is 10.7. The fourth-order valence-corrected chi connectivity index (χ4v) is 9.03. The normalized spacial score (nSPS) is 31.8. The number of quaternary nitrogens is 1. The van der Waals surface area contributed by atoms with Crippen LogP contribution in [0.4, 0.5) is 26.3 Å². The van der Waals surface area contributed by atoms with E-state index < -0.39 is 29.1 Å². The zero-order chi connectivity index (χ0) is 30.8. The molecule has 2 saturated heterocycles. The average Bonchev–Trinajstić information content (AvgIpc) is 3.51. The number of nitrogens with zero attached hydrogens (tertiary/aromatic N) is 1. The van der Waals surface area contributed by atoms with Gasteiger partial charge in [0.2, 0.25) is 0 Å². The van der Waals surface area contributed by atoms with Crippen LogP contribution in [0.25, 0.3) is 0 Å². The lowest BCUT2D eigenvalue weighted by molar-refractivity contribution is -0.968. The highest BCUT2D eigenvalue weighted by atomic mass is 19.4. The molecule has 3 nitrogen and oxygen atoms in total. The highest BCUT2D eigenvalue weighted by molar-refractivity contribution is 5.35. The minimum absolute atomic E-state index is 0.0310. The number of halogens is 6. The molecule has 0 aromatic heterocycles. The molecule has 0 unspecified atom stereocenters. The van der Waals surface area contributed by atoms with Crippen molar-refractivity contribution in [2.75, 3.05) is 20.2 Å². The summed E-state index contributed by atoms with van der Waals surface area (Å²) >= 11 is 0. The zero-order valence-electron chi connectivity index (χ0n) is 24.4. The molecule has 0 bridgehead atoms. The summed E-state index contributed by atoms with van der Waals surface area (Å²) in [6.45, 7) is 5.89. The molecule has 3 aliphatic rings. The first kappa shape index (κ1) is 30.0. The number of methoxy groups -OCH3 is 1. The Morgan fingerprint density at radius 2 is 1.47 bits per heavy atom. The molecule has 6 atom stereocenters. The summed E-state index contributed by atoms with van der Waals surface area (Å²) in [4.78, 5) is 0.